The maximum absolute atomic E-state index is 13.3. The van der Waals surface area contributed by atoms with Crippen LogP contribution in [0.3, 0.4) is 0 Å². The first-order valence-corrected chi connectivity index (χ1v) is 10.9. The Morgan fingerprint density at radius 3 is 2.70 bits per heavy atom. The van der Waals surface area contributed by atoms with Gasteiger partial charge in [-0.25, -0.2) is 0 Å². The van der Waals surface area contributed by atoms with E-state index < -0.39 is 0 Å². The van der Waals surface area contributed by atoms with Crippen LogP contribution in [-0.2, 0) is 5.41 Å². The third-order valence-corrected chi connectivity index (χ3v) is 6.65. The Labute approximate surface area is 182 Å². The lowest BCUT2D eigenvalue weighted by Crippen LogP contribution is -2.49. The first-order chi connectivity index (χ1) is 14.6. The summed E-state index contributed by atoms with van der Waals surface area (Å²) < 4.78 is 0. The Morgan fingerprint density at radius 2 is 2.07 bits per heavy atom. The van der Waals surface area contributed by atoms with Crippen molar-refractivity contribution in [3.8, 4) is 0 Å². The van der Waals surface area contributed by atoms with Crippen molar-refractivity contribution in [3.63, 3.8) is 0 Å². The van der Waals surface area contributed by atoms with E-state index in [-0.39, 0.29) is 17.4 Å². The van der Waals surface area contributed by atoms with E-state index in [0.717, 1.165) is 42.8 Å². The highest BCUT2D eigenvalue weighted by Crippen LogP contribution is 2.41. The van der Waals surface area contributed by atoms with Crippen LogP contribution in [0.4, 0.5) is 0 Å². The van der Waals surface area contributed by atoms with E-state index in [1.807, 2.05) is 41.4 Å². The van der Waals surface area contributed by atoms with Gasteiger partial charge >= 0.3 is 0 Å². The molecule has 2 aliphatic rings. The molecule has 1 saturated carbocycles. The van der Waals surface area contributed by atoms with Gasteiger partial charge in [0.15, 0.2) is 0 Å². The predicted molar refractivity (Wildman–Crippen MR) is 121 cm³/mol. The third-order valence-electron chi connectivity index (χ3n) is 6.42. The van der Waals surface area contributed by atoms with Gasteiger partial charge in [0.1, 0.15) is 0 Å². The average Bonchev–Trinajstić information content (AvgIpc) is 3.31. The molecule has 1 aliphatic heterocycles. The van der Waals surface area contributed by atoms with Gasteiger partial charge in [-0.3, -0.25) is 14.8 Å². The van der Waals surface area contributed by atoms with Gasteiger partial charge in [-0.15, -0.1) is 0 Å². The number of benzene rings is 1. The molecular weight excluding hydrogens is 396 g/mol. The Morgan fingerprint density at radius 1 is 1.23 bits per heavy atom. The fourth-order valence-corrected chi connectivity index (χ4v) is 4.81. The van der Waals surface area contributed by atoms with Gasteiger partial charge in [-0.1, -0.05) is 29.8 Å². The summed E-state index contributed by atoms with van der Waals surface area (Å²) >= 11 is 6.25. The minimum atomic E-state index is -0.0865. The number of allylic oxidation sites excluding steroid dienone is 1. The van der Waals surface area contributed by atoms with Crippen LogP contribution < -0.4 is 5.73 Å². The number of halogens is 1. The summed E-state index contributed by atoms with van der Waals surface area (Å²) in [5.41, 5.74) is 9.02. The summed E-state index contributed by atoms with van der Waals surface area (Å²) in [6, 6.07) is 11.8. The Kier molecular flexibility index (Phi) is 6.30. The van der Waals surface area contributed by atoms with Crippen molar-refractivity contribution in [1.82, 2.24) is 9.88 Å². The molecule has 6 heteroatoms. The number of rotatable bonds is 6. The molecule has 5 nitrogen and oxygen atoms in total. The van der Waals surface area contributed by atoms with Crippen LogP contribution in [0.15, 0.2) is 66.1 Å². The van der Waals surface area contributed by atoms with Crippen LogP contribution in [0.25, 0.3) is 0 Å². The molecule has 0 atom stereocenters. The van der Waals surface area contributed by atoms with Gasteiger partial charge in [-0.05, 0) is 55.5 Å². The number of pyridine rings is 1. The normalized spacial score (nSPS) is 23.3. The van der Waals surface area contributed by atoms with Crippen molar-refractivity contribution < 1.29 is 4.79 Å². The zero-order valence-corrected chi connectivity index (χ0v) is 17.8. The average molecular weight is 423 g/mol. The molecule has 0 saturated heterocycles. The second-order valence-electron chi connectivity index (χ2n) is 8.18. The quantitative estimate of drug-likeness (QED) is 0.751. The number of aliphatic imine (C=N–C) groups is 1. The van der Waals surface area contributed by atoms with E-state index in [1.54, 1.807) is 18.5 Å². The molecule has 2 aromatic rings. The standard InChI is InChI=1S/C24H27ClN4O/c25-20-6-1-5-19(14-20)24(17-26)10-8-22(9-11-24)29(16-21-7-3-13-28-21)23(30)18-4-2-12-27-15-18/h1-6,12-15,22H,7-11,16-17,26H2. The molecule has 1 aliphatic carbocycles. The van der Waals surface area contributed by atoms with Crippen molar-refractivity contribution in [2.75, 3.05) is 13.1 Å². The fourth-order valence-electron chi connectivity index (χ4n) is 4.62. The summed E-state index contributed by atoms with van der Waals surface area (Å²) in [6.07, 6.45) is 11.6. The SMILES string of the molecule is NCC1(c2cccc(Cl)c2)CCC(N(CC2=NC=CC2)C(=O)c2cccnc2)CC1. The van der Waals surface area contributed by atoms with Crippen molar-refractivity contribution in [2.24, 2.45) is 10.7 Å². The monoisotopic (exact) mass is 422 g/mol. The van der Waals surface area contributed by atoms with E-state index in [9.17, 15) is 4.79 Å². The van der Waals surface area contributed by atoms with Crippen LogP contribution in [0.1, 0.15) is 48.0 Å². The smallest absolute Gasteiger partial charge is 0.256 e. The predicted octanol–water partition coefficient (Wildman–Crippen LogP) is 4.37. The van der Waals surface area contributed by atoms with Crippen molar-refractivity contribution in [2.45, 2.75) is 43.6 Å². The molecule has 0 radical (unpaired) electrons. The van der Waals surface area contributed by atoms with Crippen LogP contribution in [0.2, 0.25) is 5.02 Å². The summed E-state index contributed by atoms with van der Waals surface area (Å²) in [5, 5.41) is 0.738. The van der Waals surface area contributed by atoms with Gasteiger partial charge < -0.3 is 10.6 Å². The maximum Gasteiger partial charge on any atom is 0.256 e. The molecule has 1 amide bonds. The van der Waals surface area contributed by atoms with Gasteiger partial charge in [0.25, 0.3) is 5.91 Å². The lowest BCUT2D eigenvalue weighted by Gasteiger charge is -2.43. The van der Waals surface area contributed by atoms with Crippen LogP contribution >= 0.6 is 11.6 Å². The van der Waals surface area contributed by atoms with Crippen molar-refractivity contribution >= 4 is 23.2 Å². The van der Waals surface area contributed by atoms with E-state index >= 15 is 0 Å². The lowest BCUT2D eigenvalue weighted by molar-refractivity contribution is 0.0635. The number of nitrogens with two attached hydrogens (primary N) is 1. The molecule has 4 rings (SSSR count). The van der Waals surface area contributed by atoms with Crippen LogP contribution in [0.5, 0.6) is 0 Å². The van der Waals surface area contributed by atoms with Crippen molar-refractivity contribution in [3.05, 3.63) is 77.2 Å². The number of hydrogen-bond donors (Lipinski definition) is 1. The van der Waals surface area contributed by atoms with E-state index in [1.165, 1.54) is 5.56 Å². The molecule has 30 heavy (non-hydrogen) atoms. The lowest BCUT2D eigenvalue weighted by atomic mass is 9.68. The second kappa shape index (κ2) is 9.11. The minimum Gasteiger partial charge on any atom is -0.330 e. The molecule has 1 aromatic carbocycles. The number of carbonyl (C=O) groups excluding carboxylic acids is 1. The first kappa shape index (κ1) is 20.8. The topological polar surface area (TPSA) is 71.6 Å². The first-order valence-electron chi connectivity index (χ1n) is 10.5. The van der Waals surface area contributed by atoms with Gasteiger partial charge in [0.2, 0.25) is 0 Å². The number of aromatic nitrogens is 1. The van der Waals surface area contributed by atoms with Crippen LogP contribution in [0, 0.1) is 0 Å². The highest BCUT2D eigenvalue weighted by Gasteiger charge is 2.39. The van der Waals surface area contributed by atoms with Crippen molar-refractivity contribution in [1.29, 1.82) is 0 Å². The van der Waals surface area contributed by atoms with Gasteiger partial charge in [0, 0.05) is 53.8 Å². The molecule has 1 fully saturated rings. The summed E-state index contributed by atoms with van der Waals surface area (Å²) in [7, 11) is 0. The molecular formula is C24H27ClN4O. The van der Waals surface area contributed by atoms with E-state index in [0.29, 0.717) is 18.7 Å². The molecule has 2 N–H and O–H groups in total. The number of carbonyl (C=O) groups is 1. The van der Waals surface area contributed by atoms with E-state index in [2.05, 4.69) is 16.0 Å². The maximum atomic E-state index is 13.3. The van der Waals surface area contributed by atoms with Gasteiger partial charge in [0.05, 0.1) is 12.1 Å². The van der Waals surface area contributed by atoms with Crippen LogP contribution in [-0.4, -0.2) is 40.6 Å². The Balaban J connectivity index is 1.54. The zero-order chi connectivity index (χ0) is 21.0. The molecule has 1 aromatic heterocycles. The zero-order valence-electron chi connectivity index (χ0n) is 17.0. The molecule has 0 unspecified atom stereocenters. The molecule has 2 heterocycles. The largest absolute Gasteiger partial charge is 0.330 e. The molecule has 156 valence electrons. The molecule has 0 spiro atoms. The fraction of sp³-hybridized carbons (Fsp3) is 0.375. The summed E-state index contributed by atoms with van der Waals surface area (Å²) in [4.78, 5) is 23.9. The highest BCUT2D eigenvalue weighted by molar-refractivity contribution is 6.30. The Hall–Kier alpha value is -2.50. The summed E-state index contributed by atoms with van der Waals surface area (Å²) in [5.74, 6) is 0.0192. The number of amides is 1. The highest BCUT2D eigenvalue weighted by atomic mass is 35.5. The van der Waals surface area contributed by atoms with E-state index in [4.69, 9.17) is 17.3 Å². The summed E-state index contributed by atoms with van der Waals surface area (Å²) in [6.45, 7) is 1.13. The number of hydrogen-bond acceptors (Lipinski definition) is 4. The Bertz CT molecular complexity index is 949. The molecule has 0 bridgehead atoms. The van der Waals surface area contributed by atoms with Gasteiger partial charge in [-0.2, -0.15) is 0 Å². The minimum absolute atomic E-state index is 0.0192. The second-order valence-corrected chi connectivity index (χ2v) is 8.62. The third kappa shape index (κ3) is 4.32. The number of nitrogens with zero attached hydrogens (tertiary/aromatic N) is 3.